The second kappa shape index (κ2) is 9.20. The summed E-state index contributed by atoms with van der Waals surface area (Å²) in [6, 6.07) is 15.9. The van der Waals surface area contributed by atoms with Gasteiger partial charge in [-0.2, -0.15) is 0 Å². The number of likely N-dealkylation sites (tertiary alicyclic amines) is 1. The minimum Gasteiger partial charge on any atom is -0.507 e. The number of Topliss-reactive ketones (excluding diaryl/α,β-unsaturated/α-hetero) is 1. The Morgan fingerprint density at radius 3 is 2.32 bits per heavy atom. The van der Waals surface area contributed by atoms with Crippen LogP contribution in [0.3, 0.4) is 0 Å². The van der Waals surface area contributed by atoms with E-state index in [4.69, 9.17) is 0 Å². The van der Waals surface area contributed by atoms with Gasteiger partial charge in [-0.05, 0) is 24.1 Å². The third-order valence-corrected chi connectivity index (χ3v) is 5.55. The van der Waals surface area contributed by atoms with Crippen molar-refractivity contribution >= 4 is 33.4 Å². The number of carbonyl (C=O) groups excluding carboxylic acids is 2. The minimum absolute atomic E-state index is 0.122. The van der Waals surface area contributed by atoms with Gasteiger partial charge in [0, 0.05) is 16.6 Å². The first-order valence-electron chi connectivity index (χ1n) is 9.64. The van der Waals surface area contributed by atoms with Crippen LogP contribution >= 0.6 is 15.9 Å². The molecule has 0 unspecified atom stereocenters. The van der Waals surface area contributed by atoms with E-state index in [1.54, 1.807) is 29.2 Å². The molecule has 1 atom stereocenters. The van der Waals surface area contributed by atoms with Crippen LogP contribution in [-0.2, 0) is 9.59 Å². The molecule has 0 spiro atoms. The standard InChI is InChI=1S/C23H24BrNO3/c1-2-3-4-8-15-25-20(16-11-13-18(24)14-12-16)19(22(27)23(25)28)21(26)17-9-6-5-7-10-17/h5-7,9-14,20,26H,2-4,8,15H2,1H3/t20-/m0/s1. The molecular formula is C23H24BrNO3. The van der Waals surface area contributed by atoms with E-state index in [-0.39, 0.29) is 11.3 Å². The second-order valence-electron chi connectivity index (χ2n) is 6.97. The monoisotopic (exact) mass is 441 g/mol. The lowest BCUT2D eigenvalue weighted by Crippen LogP contribution is -2.30. The van der Waals surface area contributed by atoms with Gasteiger partial charge >= 0.3 is 0 Å². The summed E-state index contributed by atoms with van der Waals surface area (Å²) in [5, 5.41) is 10.9. The van der Waals surface area contributed by atoms with E-state index < -0.39 is 17.7 Å². The van der Waals surface area contributed by atoms with Crippen LogP contribution in [0, 0.1) is 0 Å². The number of rotatable bonds is 7. The lowest BCUT2D eigenvalue weighted by Gasteiger charge is -2.25. The number of aliphatic hydroxyl groups excluding tert-OH is 1. The van der Waals surface area contributed by atoms with Gasteiger partial charge in [-0.1, -0.05) is 84.6 Å². The topological polar surface area (TPSA) is 57.6 Å². The Labute approximate surface area is 174 Å². The van der Waals surface area contributed by atoms with E-state index in [0.29, 0.717) is 12.1 Å². The number of unbranched alkanes of at least 4 members (excludes halogenated alkanes) is 3. The highest BCUT2D eigenvalue weighted by atomic mass is 79.9. The molecule has 1 saturated heterocycles. The van der Waals surface area contributed by atoms with Gasteiger partial charge in [0.25, 0.3) is 11.7 Å². The van der Waals surface area contributed by atoms with Crippen molar-refractivity contribution < 1.29 is 14.7 Å². The predicted octanol–water partition coefficient (Wildman–Crippen LogP) is 5.45. The van der Waals surface area contributed by atoms with Crippen molar-refractivity contribution in [3.05, 3.63) is 75.8 Å². The van der Waals surface area contributed by atoms with Crippen LogP contribution in [0.25, 0.3) is 5.76 Å². The Bertz CT molecular complexity index is 874. The molecule has 3 rings (SSSR count). The SMILES string of the molecule is CCCCCCN1C(=O)C(=O)C(=C(O)c2ccccc2)[C@@H]1c1ccc(Br)cc1. The number of hydrogen-bond donors (Lipinski definition) is 1. The minimum atomic E-state index is -0.621. The zero-order chi connectivity index (χ0) is 20.1. The van der Waals surface area contributed by atoms with Crippen LogP contribution in [-0.4, -0.2) is 28.2 Å². The molecule has 2 aromatic rings. The quantitative estimate of drug-likeness (QED) is 0.269. The van der Waals surface area contributed by atoms with Gasteiger partial charge in [0.15, 0.2) is 0 Å². The number of carbonyl (C=O) groups is 2. The van der Waals surface area contributed by atoms with E-state index in [1.807, 2.05) is 30.3 Å². The fraction of sp³-hybridized carbons (Fsp3) is 0.304. The highest BCUT2D eigenvalue weighted by Gasteiger charge is 2.45. The van der Waals surface area contributed by atoms with Gasteiger partial charge in [0.1, 0.15) is 5.76 Å². The van der Waals surface area contributed by atoms with Gasteiger partial charge in [0.05, 0.1) is 11.6 Å². The lowest BCUT2D eigenvalue weighted by atomic mass is 9.95. The van der Waals surface area contributed by atoms with Crippen LogP contribution in [0.5, 0.6) is 0 Å². The first-order valence-corrected chi connectivity index (χ1v) is 10.4. The van der Waals surface area contributed by atoms with Crippen molar-refractivity contribution in [3.8, 4) is 0 Å². The summed E-state index contributed by atoms with van der Waals surface area (Å²) in [4.78, 5) is 27.2. The van der Waals surface area contributed by atoms with Gasteiger partial charge in [-0.25, -0.2) is 0 Å². The summed E-state index contributed by atoms with van der Waals surface area (Å²) in [6.07, 6.45) is 4.03. The first kappa shape index (κ1) is 20.3. The molecule has 1 fully saturated rings. The van der Waals surface area contributed by atoms with Crippen LogP contribution in [0.15, 0.2) is 64.6 Å². The summed E-state index contributed by atoms with van der Waals surface area (Å²) in [5.41, 5.74) is 1.51. The summed E-state index contributed by atoms with van der Waals surface area (Å²) >= 11 is 3.42. The first-order chi connectivity index (χ1) is 13.5. The number of ketones is 1. The van der Waals surface area contributed by atoms with E-state index in [0.717, 1.165) is 35.7 Å². The van der Waals surface area contributed by atoms with Gasteiger partial charge < -0.3 is 10.0 Å². The molecule has 1 aliphatic heterocycles. The van der Waals surface area contributed by atoms with Crippen molar-refractivity contribution in [3.63, 3.8) is 0 Å². The number of nitrogens with zero attached hydrogens (tertiary/aromatic N) is 1. The van der Waals surface area contributed by atoms with Crippen LogP contribution in [0.1, 0.15) is 49.8 Å². The van der Waals surface area contributed by atoms with Crippen molar-refractivity contribution in [1.29, 1.82) is 0 Å². The largest absolute Gasteiger partial charge is 0.507 e. The van der Waals surface area contributed by atoms with Crippen molar-refractivity contribution in [1.82, 2.24) is 4.90 Å². The van der Waals surface area contributed by atoms with Crippen LogP contribution in [0.2, 0.25) is 0 Å². The zero-order valence-electron chi connectivity index (χ0n) is 15.9. The fourth-order valence-corrected chi connectivity index (χ4v) is 3.83. The highest BCUT2D eigenvalue weighted by Crippen LogP contribution is 2.39. The van der Waals surface area contributed by atoms with E-state index in [1.165, 1.54) is 0 Å². The molecule has 0 aromatic heterocycles. The third kappa shape index (κ3) is 4.20. The van der Waals surface area contributed by atoms with E-state index in [2.05, 4.69) is 22.9 Å². The van der Waals surface area contributed by atoms with Crippen molar-refractivity contribution in [2.24, 2.45) is 0 Å². The molecule has 4 nitrogen and oxygen atoms in total. The Morgan fingerprint density at radius 1 is 1.00 bits per heavy atom. The van der Waals surface area contributed by atoms with Gasteiger partial charge in [0.2, 0.25) is 0 Å². The number of halogens is 1. The summed E-state index contributed by atoms with van der Waals surface area (Å²) in [7, 11) is 0. The van der Waals surface area contributed by atoms with E-state index in [9.17, 15) is 14.7 Å². The maximum Gasteiger partial charge on any atom is 0.295 e. The average molecular weight is 442 g/mol. The van der Waals surface area contributed by atoms with Crippen molar-refractivity contribution in [2.45, 2.75) is 38.6 Å². The summed E-state index contributed by atoms with van der Waals surface area (Å²) in [6.45, 7) is 2.63. The molecule has 0 radical (unpaired) electrons. The molecule has 1 amide bonds. The maximum absolute atomic E-state index is 12.9. The molecule has 1 N–H and O–H groups in total. The van der Waals surface area contributed by atoms with Crippen LogP contribution in [0.4, 0.5) is 0 Å². The van der Waals surface area contributed by atoms with Crippen molar-refractivity contribution in [2.75, 3.05) is 6.54 Å². The third-order valence-electron chi connectivity index (χ3n) is 5.03. The highest BCUT2D eigenvalue weighted by molar-refractivity contribution is 9.10. The molecule has 5 heteroatoms. The average Bonchev–Trinajstić information content (AvgIpc) is 2.97. The second-order valence-corrected chi connectivity index (χ2v) is 7.89. The molecule has 1 aliphatic rings. The Hall–Kier alpha value is -2.40. The Balaban J connectivity index is 2.04. The number of amides is 1. The summed E-state index contributed by atoms with van der Waals surface area (Å²) in [5.74, 6) is -1.28. The fourth-order valence-electron chi connectivity index (χ4n) is 3.56. The molecule has 2 aromatic carbocycles. The molecule has 0 bridgehead atoms. The smallest absolute Gasteiger partial charge is 0.295 e. The van der Waals surface area contributed by atoms with Gasteiger partial charge in [-0.3, -0.25) is 9.59 Å². The van der Waals surface area contributed by atoms with Crippen LogP contribution < -0.4 is 0 Å². The molecule has 0 saturated carbocycles. The van der Waals surface area contributed by atoms with Gasteiger partial charge in [-0.15, -0.1) is 0 Å². The Morgan fingerprint density at radius 2 is 1.68 bits per heavy atom. The maximum atomic E-state index is 12.9. The number of benzene rings is 2. The lowest BCUT2D eigenvalue weighted by molar-refractivity contribution is -0.139. The number of aliphatic hydroxyl groups is 1. The summed E-state index contributed by atoms with van der Waals surface area (Å²) < 4.78 is 0.916. The zero-order valence-corrected chi connectivity index (χ0v) is 17.5. The molecule has 28 heavy (non-hydrogen) atoms. The molecule has 0 aliphatic carbocycles. The van der Waals surface area contributed by atoms with E-state index >= 15 is 0 Å². The Kier molecular flexibility index (Phi) is 6.68. The normalized spacial score (nSPS) is 18.6. The molecule has 146 valence electrons. The molecular weight excluding hydrogens is 418 g/mol. The number of hydrogen-bond acceptors (Lipinski definition) is 3. The molecule has 1 heterocycles. The predicted molar refractivity (Wildman–Crippen MR) is 114 cm³/mol.